The van der Waals surface area contributed by atoms with E-state index in [1.54, 1.807) is 0 Å². The van der Waals surface area contributed by atoms with Crippen molar-refractivity contribution < 1.29 is 32.2 Å². The van der Waals surface area contributed by atoms with Crippen LogP contribution in [0.3, 0.4) is 0 Å². The molecule has 9 heteroatoms. The summed E-state index contributed by atoms with van der Waals surface area (Å²) in [7, 11) is -4.94. The SMILES string of the molecule is O=C(O)[C@H]1C[C@H](O)CN1S(=O)(=O)C(F)F. The summed E-state index contributed by atoms with van der Waals surface area (Å²) in [6, 6.07) is -1.61. The molecule has 1 rings (SSSR count). The van der Waals surface area contributed by atoms with Gasteiger partial charge in [-0.15, -0.1) is 0 Å². The molecule has 1 aliphatic heterocycles. The van der Waals surface area contributed by atoms with Crippen LogP contribution < -0.4 is 0 Å². The molecule has 0 aliphatic carbocycles. The van der Waals surface area contributed by atoms with Crippen molar-refractivity contribution in [2.75, 3.05) is 6.54 Å². The molecule has 0 aromatic rings. The summed E-state index contributed by atoms with van der Waals surface area (Å²) in [6.45, 7) is -0.607. The lowest BCUT2D eigenvalue weighted by Crippen LogP contribution is -2.43. The molecule has 1 aliphatic rings. The number of rotatable bonds is 3. The molecule has 0 spiro atoms. The van der Waals surface area contributed by atoms with E-state index < -0.39 is 40.4 Å². The third kappa shape index (κ3) is 2.24. The number of hydrogen-bond acceptors (Lipinski definition) is 4. The zero-order valence-corrected chi connectivity index (χ0v) is 8.19. The Bertz CT molecular complexity index is 357. The highest BCUT2D eigenvalue weighted by Crippen LogP contribution is 2.25. The second-order valence-electron chi connectivity index (χ2n) is 3.12. The number of sulfonamides is 1. The Morgan fingerprint density at radius 3 is 2.40 bits per heavy atom. The Morgan fingerprint density at radius 1 is 1.47 bits per heavy atom. The maximum Gasteiger partial charge on any atom is 0.350 e. The first-order valence-electron chi connectivity index (χ1n) is 3.96. The Morgan fingerprint density at radius 2 is 2.00 bits per heavy atom. The second kappa shape index (κ2) is 3.99. The van der Waals surface area contributed by atoms with Crippen molar-refractivity contribution in [2.24, 2.45) is 0 Å². The first-order valence-corrected chi connectivity index (χ1v) is 5.47. The van der Waals surface area contributed by atoms with Crippen molar-refractivity contribution >= 4 is 16.0 Å². The Balaban J connectivity index is 2.99. The summed E-state index contributed by atoms with van der Waals surface area (Å²) in [4.78, 5) is 10.6. The molecule has 0 aromatic carbocycles. The Kier molecular flexibility index (Phi) is 3.26. The molecule has 88 valence electrons. The van der Waals surface area contributed by atoms with Gasteiger partial charge in [-0.2, -0.15) is 13.1 Å². The highest BCUT2D eigenvalue weighted by atomic mass is 32.2. The number of alkyl halides is 2. The van der Waals surface area contributed by atoms with Gasteiger partial charge in [-0.25, -0.2) is 8.42 Å². The molecule has 6 nitrogen and oxygen atoms in total. The lowest BCUT2D eigenvalue weighted by Gasteiger charge is -2.19. The smallest absolute Gasteiger partial charge is 0.350 e. The largest absolute Gasteiger partial charge is 0.480 e. The average molecular weight is 245 g/mol. The Labute approximate surface area is 84.2 Å². The fraction of sp³-hybridized carbons (Fsp3) is 0.833. The van der Waals surface area contributed by atoms with Gasteiger partial charge in [0.1, 0.15) is 6.04 Å². The van der Waals surface area contributed by atoms with Gasteiger partial charge < -0.3 is 10.2 Å². The van der Waals surface area contributed by atoms with Crippen molar-refractivity contribution in [1.29, 1.82) is 0 Å². The summed E-state index contributed by atoms with van der Waals surface area (Å²) >= 11 is 0. The predicted octanol–water partition coefficient (Wildman–Crippen LogP) is -0.941. The van der Waals surface area contributed by atoms with Gasteiger partial charge >= 0.3 is 11.7 Å². The van der Waals surface area contributed by atoms with Gasteiger partial charge in [0.25, 0.3) is 10.0 Å². The molecule has 0 aromatic heterocycles. The summed E-state index contributed by atoms with van der Waals surface area (Å²) in [6.07, 6.45) is -1.60. The van der Waals surface area contributed by atoms with Crippen molar-refractivity contribution in [3.8, 4) is 0 Å². The number of aliphatic carboxylic acids is 1. The minimum absolute atomic E-state index is 0.130. The molecule has 0 bridgehead atoms. The number of aliphatic hydroxyl groups is 1. The molecular weight excluding hydrogens is 236 g/mol. The molecule has 1 heterocycles. The minimum atomic E-state index is -4.94. The zero-order chi connectivity index (χ0) is 11.8. The van der Waals surface area contributed by atoms with E-state index in [1.807, 2.05) is 0 Å². The minimum Gasteiger partial charge on any atom is -0.480 e. The molecule has 2 atom stereocenters. The first-order chi connectivity index (χ1) is 6.76. The van der Waals surface area contributed by atoms with Crippen molar-refractivity contribution in [1.82, 2.24) is 4.31 Å². The van der Waals surface area contributed by atoms with Crippen LogP contribution in [-0.2, 0) is 14.8 Å². The quantitative estimate of drug-likeness (QED) is 0.669. The molecule has 0 amide bonds. The normalized spacial score (nSPS) is 28.5. The molecule has 0 radical (unpaired) electrons. The first kappa shape index (κ1) is 12.3. The van der Waals surface area contributed by atoms with Crippen LogP contribution in [0.2, 0.25) is 0 Å². The van der Waals surface area contributed by atoms with E-state index in [4.69, 9.17) is 10.2 Å². The Hall–Kier alpha value is -0.800. The standard InChI is InChI=1S/C6H9F2NO5S/c7-6(8)15(13,14)9-2-3(10)1-4(9)5(11)12/h3-4,6,10H,1-2H2,(H,11,12)/t3-,4+/m0/s1. The van der Waals surface area contributed by atoms with E-state index >= 15 is 0 Å². The van der Waals surface area contributed by atoms with Crippen LogP contribution in [0.25, 0.3) is 0 Å². The van der Waals surface area contributed by atoms with E-state index in [0.29, 0.717) is 0 Å². The van der Waals surface area contributed by atoms with Crippen LogP contribution in [0.5, 0.6) is 0 Å². The third-order valence-electron chi connectivity index (χ3n) is 2.07. The van der Waals surface area contributed by atoms with Gasteiger partial charge in [-0.3, -0.25) is 4.79 Å². The number of hydrogen-bond donors (Lipinski definition) is 2. The van der Waals surface area contributed by atoms with Crippen LogP contribution in [0.1, 0.15) is 6.42 Å². The third-order valence-corrected chi connectivity index (χ3v) is 3.58. The monoisotopic (exact) mass is 245 g/mol. The number of nitrogens with zero attached hydrogens (tertiary/aromatic N) is 1. The topological polar surface area (TPSA) is 94.9 Å². The fourth-order valence-electron chi connectivity index (χ4n) is 1.39. The van der Waals surface area contributed by atoms with E-state index in [0.717, 1.165) is 0 Å². The van der Waals surface area contributed by atoms with Crippen LogP contribution in [0.4, 0.5) is 8.78 Å². The molecule has 2 N–H and O–H groups in total. The number of carboxylic acid groups (broad SMARTS) is 1. The van der Waals surface area contributed by atoms with E-state index in [9.17, 15) is 22.0 Å². The number of carboxylic acids is 1. The lowest BCUT2D eigenvalue weighted by atomic mass is 10.2. The van der Waals surface area contributed by atoms with Gasteiger partial charge in [0.2, 0.25) is 0 Å². The number of halogens is 2. The number of β-amino-alcohol motifs (C(OH)–C–C–N with tert-alkyl or cyclic N) is 1. The van der Waals surface area contributed by atoms with Gasteiger partial charge in [0.15, 0.2) is 0 Å². The zero-order valence-electron chi connectivity index (χ0n) is 7.38. The lowest BCUT2D eigenvalue weighted by molar-refractivity contribution is -0.140. The maximum atomic E-state index is 12.1. The van der Waals surface area contributed by atoms with Gasteiger partial charge in [-0.1, -0.05) is 0 Å². The van der Waals surface area contributed by atoms with Crippen molar-refractivity contribution in [2.45, 2.75) is 24.3 Å². The van der Waals surface area contributed by atoms with E-state index in [1.165, 1.54) is 0 Å². The molecular formula is C6H9F2NO5S. The average Bonchev–Trinajstić information content (AvgIpc) is 2.47. The molecule has 15 heavy (non-hydrogen) atoms. The van der Waals surface area contributed by atoms with Crippen LogP contribution in [0.15, 0.2) is 0 Å². The fourth-order valence-corrected chi connectivity index (χ4v) is 2.51. The maximum absolute atomic E-state index is 12.1. The molecule has 0 saturated carbocycles. The van der Waals surface area contributed by atoms with E-state index in [2.05, 4.69) is 0 Å². The predicted molar refractivity (Wildman–Crippen MR) is 43.7 cm³/mol. The number of carbonyl (C=O) groups is 1. The summed E-state index contributed by atoms with van der Waals surface area (Å²) in [5, 5.41) is 17.6. The highest BCUT2D eigenvalue weighted by molar-refractivity contribution is 7.89. The van der Waals surface area contributed by atoms with Crippen LogP contribution >= 0.6 is 0 Å². The van der Waals surface area contributed by atoms with Crippen LogP contribution in [0, 0.1) is 0 Å². The van der Waals surface area contributed by atoms with Gasteiger partial charge in [0, 0.05) is 13.0 Å². The highest BCUT2D eigenvalue weighted by Gasteiger charge is 2.46. The summed E-state index contributed by atoms with van der Waals surface area (Å²) in [5.74, 6) is -5.22. The van der Waals surface area contributed by atoms with Gasteiger partial charge in [-0.05, 0) is 0 Å². The van der Waals surface area contributed by atoms with Gasteiger partial charge in [0.05, 0.1) is 6.10 Å². The summed E-state index contributed by atoms with van der Waals surface area (Å²) < 4.78 is 46.4. The molecule has 0 unspecified atom stereocenters. The summed E-state index contributed by atoms with van der Waals surface area (Å²) in [5.41, 5.74) is 0. The number of aliphatic hydroxyl groups excluding tert-OH is 1. The van der Waals surface area contributed by atoms with Crippen molar-refractivity contribution in [3.63, 3.8) is 0 Å². The second-order valence-corrected chi connectivity index (χ2v) is 4.97. The molecule has 1 saturated heterocycles. The van der Waals surface area contributed by atoms with E-state index in [-0.39, 0.29) is 10.7 Å². The van der Waals surface area contributed by atoms with Crippen LogP contribution in [-0.4, -0.2) is 53.4 Å². The molecule has 1 fully saturated rings. The van der Waals surface area contributed by atoms with Crippen molar-refractivity contribution in [3.05, 3.63) is 0 Å².